The number of nitrogens with zero attached hydrogens (tertiary/aromatic N) is 2. The van der Waals surface area contributed by atoms with Gasteiger partial charge in [-0.25, -0.2) is 4.98 Å². The highest BCUT2D eigenvalue weighted by molar-refractivity contribution is 5.48. The zero-order valence-corrected chi connectivity index (χ0v) is 12.2. The fourth-order valence-corrected chi connectivity index (χ4v) is 2.29. The minimum atomic E-state index is -0.428. The summed E-state index contributed by atoms with van der Waals surface area (Å²) in [6.07, 6.45) is 2.31. The van der Waals surface area contributed by atoms with Crippen LogP contribution in [0, 0.1) is 17.0 Å². The highest BCUT2D eigenvalue weighted by atomic mass is 16.6. The van der Waals surface area contributed by atoms with Crippen molar-refractivity contribution < 1.29 is 4.92 Å². The van der Waals surface area contributed by atoms with E-state index in [4.69, 9.17) is 0 Å². The Morgan fingerprint density at radius 1 is 1.33 bits per heavy atom. The van der Waals surface area contributed by atoms with Crippen molar-refractivity contribution in [3.05, 3.63) is 63.8 Å². The van der Waals surface area contributed by atoms with E-state index >= 15 is 0 Å². The standard InChI is InChI=1S/C16H19N3O2/c1-3-13(14-7-5-4-6-8-14)10-17-16-12(2)9-15(11-18-16)19(20)21/h4-9,11,13H,3,10H2,1-2H3,(H,17,18). The number of rotatable bonds is 6. The van der Waals surface area contributed by atoms with Crippen LogP contribution in [0.25, 0.3) is 0 Å². The highest BCUT2D eigenvalue weighted by Gasteiger charge is 2.12. The molecule has 0 saturated carbocycles. The summed E-state index contributed by atoms with van der Waals surface area (Å²) in [5, 5.41) is 14.0. The SMILES string of the molecule is CCC(CNc1ncc([N+](=O)[O-])cc1C)c1ccccc1. The summed E-state index contributed by atoms with van der Waals surface area (Å²) in [4.78, 5) is 14.4. The predicted molar refractivity (Wildman–Crippen MR) is 83.6 cm³/mol. The number of nitro groups is 1. The predicted octanol–water partition coefficient (Wildman–Crippen LogP) is 3.90. The molecule has 2 aromatic rings. The second-order valence-electron chi connectivity index (χ2n) is 5.01. The molecule has 0 amide bonds. The maximum atomic E-state index is 10.7. The quantitative estimate of drug-likeness (QED) is 0.645. The summed E-state index contributed by atoms with van der Waals surface area (Å²) < 4.78 is 0. The Kier molecular flexibility index (Phi) is 4.87. The molecule has 0 aliphatic heterocycles. The highest BCUT2D eigenvalue weighted by Crippen LogP contribution is 2.22. The average Bonchev–Trinajstić information content (AvgIpc) is 2.50. The Bertz CT molecular complexity index is 614. The van der Waals surface area contributed by atoms with E-state index in [2.05, 4.69) is 29.4 Å². The number of hydrogen-bond acceptors (Lipinski definition) is 4. The van der Waals surface area contributed by atoms with Crippen molar-refractivity contribution in [3.63, 3.8) is 0 Å². The summed E-state index contributed by atoms with van der Waals surface area (Å²) in [6.45, 7) is 4.73. The number of benzene rings is 1. The van der Waals surface area contributed by atoms with Gasteiger partial charge in [0.15, 0.2) is 0 Å². The van der Waals surface area contributed by atoms with Crippen LogP contribution < -0.4 is 5.32 Å². The van der Waals surface area contributed by atoms with Gasteiger partial charge in [-0.1, -0.05) is 37.3 Å². The molecule has 5 nitrogen and oxygen atoms in total. The van der Waals surface area contributed by atoms with E-state index in [0.717, 1.165) is 18.5 Å². The van der Waals surface area contributed by atoms with E-state index in [1.807, 2.05) is 25.1 Å². The Morgan fingerprint density at radius 2 is 2.05 bits per heavy atom. The third-order valence-electron chi connectivity index (χ3n) is 3.55. The summed E-state index contributed by atoms with van der Waals surface area (Å²) in [5.74, 6) is 1.09. The second-order valence-corrected chi connectivity index (χ2v) is 5.01. The fourth-order valence-electron chi connectivity index (χ4n) is 2.29. The van der Waals surface area contributed by atoms with Gasteiger partial charge in [0.25, 0.3) is 5.69 Å². The van der Waals surface area contributed by atoms with E-state index < -0.39 is 4.92 Å². The summed E-state index contributed by atoms with van der Waals surface area (Å²) in [5.41, 5.74) is 2.09. The van der Waals surface area contributed by atoms with Crippen molar-refractivity contribution >= 4 is 11.5 Å². The summed E-state index contributed by atoms with van der Waals surface area (Å²) in [7, 11) is 0. The summed E-state index contributed by atoms with van der Waals surface area (Å²) in [6, 6.07) is 11.9. The Hall–Kier alpha value is -2.43. The molecule has 21 heavy (non-hydrogen) atoms. The third kappa shape index (κ3) is 3.78. The zero-order chi connectivity index (χ0) is 15.2. The lowest BCUT2D eigenvalue weighted by Crippen LogP contribution is -2.13. The lowest BCUT2D eigenvalue weighted by Gasteiger charge is -2.17. The summed E-state index contributed by atoms with van der Waals surface area (Å²) >= 11 is 0. The first kappa shape index (κ1) is 15.0. The number of hydrogen-bond donors (Lipinski definition) is 1. The molecule has 1 aromatic carbocycles. The van der Waals surface area contributed by atoms with Crippen molar-refractivity contribution in [3.8, 4) is 0 Å². The topological polar surface area (TPSA) is 68.1 Å². The van der Waals surface area contributed by atoms with E-state index in [1.165, 1.54) is 11.8 Å². The number of pyridine rings is 1. The van der Waals surface area contributed by atoms with Crippen molar-refractivity contribution in [2.24, 2.45) is 0 Å². The molecule has 1 heterocycles. The van der Waals surface area contributed by atoms with Crippen LogP contribution in [0.4, 0.5) is 11.5 Å². The maximum Gasteiger partial charge on any atom is 0.287 e. The van der Waals surface area contributed by atoms with Gasteiger partial charge in [-0.2, -0.15) is 0 Å². The molecule has 0 aliphatic carbocycles. The van der Waals surface area contributed by atoms with Gasteiger partial charge in [-0.15, -0.1) is 0 Å². The number of aryl methyl sites for hydroxylation is 1. The second kappa shape index (κ2) is 6.83. The van der Waals surface area contributed by atoms with Crippen molar-refractivity contribution in [1.29, 1.82) is 0 Å². The van der Waals surface area contributed by atoms with Gasteiger partial charge in [0, 0.05) is 18.5 Å². The van der Waals surface area contributed by atoms with Gasteiger partial charge < -0.3 is 5.32 Å². The number of aromatic nitrogens is 1. The largest absolute Gasteiger partial charge is 0.369 e. The molecule has 110 valence electrons. The van der Waals surface area contributed by atoms with Gasteiger partial charge in [0.05, 0.1) is 4.92 Å². The van der Waals surface area contributed by atoms with Gasteiger partial charge >= 0.3 is 0 Å². The smallest absolute Gasteiger partial charge is 0.287 e. The van der Waals surface area contributed by atoms with Gasteiger partial charge in [-0.05, 0) is 24.5 Å². The maximum absolute atomic E-state index is 10.7. The molecule has 5 heteroatoms. The van der Waals surface area contributed by atoms with Gasteiger partial charge in [0.2, 0.25) is 0 Å². The molecule has 1 atom stereocenters. The minimum Gasteiger partial charge on any atom is -0.369 e. The van der Waals surface area contributed by atoms with Crippen LogP contribution in [-0.2, 0) is 0 Å². The molecule has 0 fully saturated rings. The first-order valence-electron chi connectivity index (χ1n) is 7.01. The van der Waals surface area contributed by atoms with E-state index in [-0.39, 0.29) is 5.69 Å². The molecule has 1 unspecified atom stereocenters. The fraction of sp³-hybridized carbons (Fsp3) is 0.312. The molecule has 0 aliphatic rings. The normalized spacial score (nSPS) is 11.9. The number of anilines is 1. The van der Waals surface area contributed by atoms with Crippen LogP contribution in [0.15, 0.2) is 42.6 Å². The lowest BCUT2D eigenvalue weighted by molar-refractivity contribution is -0.385. The molecule has 1 N–H and O–H groups in total. The van der Waals surface area contributed by atoms with Crippen molar-refractivity contribution in [1.82, 2.24) is 4.98 Å². The zero-order valence-electron chi connectivity index (χ0n) is 12.2. The molecule has 0 radical (unpaired) electrons. The van der Waals surface area contributed by atoms with Crippen LogP contribution in [0.2, 0.25) is 0 Å². The molecule has 0 bridgehead atoms. The van der Waals surface area contributed by atoms with Crippen molar-refractivity contribution in [2.75, 3.05) is 11.9 Å². The molecular weight excluding hydrogens is 266 g/mol. The molecule has 0 spiro atoms. The van der Waals surface area contributed by atoms with E-state index in [0.29, 0.717) is 11.7 Å². The molecule has 2 rings (SSSR count). The monoisotopic (exact) mass is 285 g/mol. The van der Waals surface area contributed by atoms with Crippen LogP contribution in [0.1, 0.15) is 30.4 Å². The molecular formula is C16H19N3O2. The van der Waals surface area contributed by atoms with Gasteiger partial charge in [0.1, 0.15) is 12.0 Å². The lowest BCUT2D eigenvalue weighted by atomic mass is 9.96. The van der Waals surface area contributed by atoms with Crippen LogP contribution in [0.3, 0.4) is 0 Å². The van der Waals surface area contributed by atoms with Crippen LogP contribution >= 0.6 is 0 Å². The molecule has 0 saturated heterocycles. The van der Waals surface area contributed by atoms with E-state index in [1.54, 1.807) is 6.07 Å². The van der Waals surface area contributed by atoms with Crippen molar-refractivity contribution in [2.45, 2.75) is 26.2 Å². The number of nitrogens with one attached hydrogen (secondary N) is 1. The Morgan fingerprint density at radius 3 is 2.62 bits per heavy atom. The van der Waals surface area contributed by atoms with Crippen LogP contribution in [0.5, 0.6) is 0 Å². The molecule has 1 aromatic heterocycles. The minimum absolute atomic E-state index is 0.0214. The first-order valence-corrected chi connectivity index (χ1v) is 7.01. The Labute approximate surface area is 124 Å². The van der Waals surface area contributed by atoms with E-state index in [9.17, 15) is 10.1 Å². The van der Waals surface area contributed by atoms with Crippen LogP contribution in [-0.4, -0.2) is 16.5 Å². The third-order valence-corrected chi connectivity index (χ3v) is 3.55. The van der Waals surface area contributed by atoms with Gasteiger partial charge in [-0.3, -0.25) is 10.1 Å². The first-order chi connectivity index (χ1) is 10.1. The average molecular weight is 285 g/mol. The Balaban J connectivity index is 2.07.